The van der Waals surface area contributed by atoms with Gasteiger partial charge in [0.05, 0.1) is 4.99 Å². The summed E-state index contributed by atoms with van der Waals surface area (Å²) in [7, 11) is 0. The summed E-state index contributed by atoms with van der Waals surface area (Å²) in [6, 6.07) is 0. The van der Waals surface area contributed by atoms with Gasteiger partial charge >= 0.3 is 0 Å². The summed E-state index contributed by atoms with van der Waals surface area (Å²) in [4.78, 5) is 3.20. The van der Waals surface area contributed by atoms with E-state index in [1.165, 1.54) is 0 Å². The van der Waals surface area contributed by atoms with Crippen LogP contribution in [0, 0.1) is 0 Å². The van der Waals surface area contributed by atoms with Gasteiger partial charge < -0.3 is 4.90 Å². The van der Waals surface area contributed by atoms with Gasteiger partial charge in [-0.15, -0.1) is 0 Å². The molecule has 11 heavy (non-hydrogen) atoms. The van der Waals surface area contributed by atoms with Crippen LogP contribution < -0.4 is 0 Å². The minimum absolute atomic E-state index is 0.858. The fourth-order valence-electron chi connectivity index (χ4n) is 0.946. The van der Waals surface area contributed by atoms with Crippen molar-refractivity contribution >= 4 is 17.2 Å². The third-order valence-corrected chi connectivity index (χ3v) is 1.97. The summed E-state index contributed by atoms with van der Waals surface area (Å²) < 4.78 is 0. The molecule has 0 saturated heterocycles. The van der Waals surface area contributed by atoms with Crippen molar-refractivity contribution in [1.82, 2.24) is 4.90 Å². The summed E-state index contributed by atoms with van der Waals surface area (Å²) in [6.07, 6.45) is 0.858. The molecule has 0 fully saturated rings. The average Bonchev–Trinajstić information content (AvgIpc) is 1.88. The van der Waals surface area contributed by atoms with Crippen LogP contribution in [0.15, 0.2) is 12.2 Å². The van der Waals surface area contributed by atoms with Crippen LogP contribution in [0.4, 0.5) is 0 Å². The summed E-state index contributed by atoms with van der Waals surface area (Å²) in [5.74, 6) is 0. The van der Waals surface area contributed by atoms with Crippen molar-refractivity contribution in [2.24, 2.45) is 0 Å². The van der Waals surface area contributed by atoms with E-state index >= 15 is 0 Å². The zero-order valence-electron chi connectivity index (χ0n) is 7.68. The lowest BCUT2D eigenvalue weighted by molar-refractivity contribution is 0.467. The standard InChI is InChI=1S/C9H17NS/c1-5-10(6-2)9(11)7-8(3)4/h3,5-7H2,1-2,4H3. The summed E-state index contributed by atoms with van der Waals surface area (Å²) in [6.45, 7) is 12.1. The first-order valence-corrected chi connectivity index (χ1v) is 4.44. The van der Waals surface area contributed by atoms with Gasteiger partial charge in [0.15, 0.2) is 0 Å². The molecule has 64 valence electrons. The van der Waals surface area contributed by atoms with Crippen molar-refractivity contribution in [3.8, 4) is 0 Å². The van der Waals surface area contributed by atoms with Crippen LogP contribution in [-0.2, 0) is 0 Å². The van der Waals surface area contributed by atoms with Crippen LogP contribution in [0.5, 0.6) is 0 Å². The monoisotopic (exact) mass is 171 g/mol. The first kappa shape index (κ1) is 10.6. The van der Waals surface area contributed by atoms with E-state index in [9.17, 15) is 0 Å². The highest BCUT2D eigenvalue weighted by atomic mass is 32.1. The molecule has 0 amide bonds. The van der Waals surface area contributed by atoms with Crippen molar-refractivity contribution in [1.29, 1.82) is 0 Å². The molecular formula is C9H17NS. The highest BCUT2D eigenvalue weighted by Crippen LogP contribution is 2.03. The molecule has 0 N–H and O–H groups in total. The molecular weight excluding hydrogens is 154 g/mol. The van der Waals surface area contributed by atoms with Crippen LogP contribution in [0.2, 0.25) is 0 Å². The zero-order chi connectivity index (χ0) is 8.85. The summed E-state index contributed by atoms with van der Waals surface area (Å²) in [5.41, 5.74) is 1.14. The Morgan fingerprint density at radius 3 is 2.09 bits per heavy atom. The maximum Gasteiger partial charge on any atom is 0.0819 e. The molecule has 2 heteroatoms. The van der Waals surface area contributed by atoms with Crippen molar-refractivity contribution in [3.05, 3.63) is 12.2 Å². The summed E-state index contributed by atoms with van der Waals surface area (Å²) >= 11 is 5.22. The fraction of sp³-hybridized carbons (Fsp3) is 0.667. The van der Waals surface area contributed by atoms with E-state index in [0.717, 1.165) is 30.1 Å². The third-order valence-electron chi connectivity index (χ3n) is 1.57. The topological polar surface area (TPSA) is 3.24 Å². The molecule has 0 aliphatic carbocycles. The van der Waals surface area contributed by atoms with E-state index in [-0.39, 0.29) is 0 Å². The molecule has 0 spiro atoms. The molecule has 0 aliphatic rings. The zero-order valence-corrected chi connectivity index (χ0v) is 8.50. The van der Waals surface area contributed by atoms with Crippen LogP contribution >= 0.6 is 12.2 Å². The van der Waals surface area contributed by atoms with E-state index in [2.05, 4.69) is 25.3 Å². The highest BCUT2D eigenvalue weighted by Gasteiger charge is 2.03. The second-order valence-electron chi connectivity index (χ2n) is 2.70. The van der Waals surface area contributed by atoms with Crippen LogP contribution in [-0.4, -0.2) is 23.0 Å². The van der Waals surface area contributed by atoms with Gasteiger partial charge in [0, 0.05) is 19.5 Å². The number of thiocarbonyl (C=S) groups is 1. The number of hydrogen-bond acceptors (Lipinski definition) is 1. The molecule has 0 aromatic carbocycles. The van der Waals surface area contributed by atoms with E-state index in [0.29, 0.717) is 0 Å². The first-order chi connectivity index (χ1) is 5.11. The van der Waals surface area contributed by atoms with Crippen LogP contribution in [0.3, 0.4) is 0 Å². The third kappa shape index (κ3) is 4.14. The van der Waals surface area contributed by atoms with E-state index in [1.54, 1.807) is 0 Å². The molecule has 0 aromatic rings. The molecule has 0 bridgehead atoms. The molecule has 0 heterocycles. The van der Waals surface area contributed by atoms with Gasteiger partial charge in [0.25, 0.3) is 0 Å². The highest BCUT2D eigenvalue weighted by molar-refractivity contribution is 7.80. The van der Waals surface area contributed by atoms with Gasteiger partial charge in [-0.3, -0.25) is 0 Å². The Kier molecular flexibility index (Phi) is 5.12. The van der Waals surface area contributed by atoms with Gasteiger partial charge in [-0.2, -0.15) is 0 Å². The van der Waals surface area contributed by atoms with Crippen molar-refractivity contribution in [3.63, 3.8) is 0 Å². The normalized spacial score (nSPS) is 9.36. The Labute approximate surface area is 75.1 Å². The first-order valence-electron chi connectivity index (χ1n) is 4.04. The lowest BCUT2D eigenvalue weighted by atomic mass is 10.2. The molecule has 0 aliphatic heterocycles. The number of nitrogens with zero attached hydrogens (tertiary/aromatic N) is 1. The number of hydrogen-bond donors (Lipinski definition) is 0. The molecule has 0 unspecified atom stereocenters. The fourth-order valence-corrected chi connectivity index (χ4v) is 1.45. The Bertz CT molecular complexity index is 148. The van der Waals surface area contributed by atoms with Gasteiger partial charge in [-0.25, -0.2) is 0 Å². The minimum Gasteiger partial charge on any atom is -0.366 e. The molecule has 0 atom stereocenters. The molecule has 0 radical (unpaired) electrons. The Hall–Kier alpha value is -0.370. The van der Waals surface area contributed by atoms with Gasteiger partial charge in [-0.05, 0) is 20.8 Å². The number of rotatable bonds is 4. The molecule has 1 nitrogen and oxygen atoms in total. The smallest absolute Gasteiger partial charge is 0.0819 e. The lowest BCUT2D eigenvalue weighted by Crippen LogP contribution is -2.28. The van der Waals surface area contributed by atoms with E-state index in [4.69, 9.17) is 12.2 Å². The van der Waals surface area contributed by atoms with Gasteiger partial charge in [0.2, 0.25) is 0 Å². The predicted molar refractivity (Wildman–Crippen MR) is 55.0 cm³/mol. The maximum atomic E-state index is 5.22. The minimum atomic E-state index is 0.858. The van der Waals surface area contributed by atoms with Crippen molar-refractivity contribution < 1.29 is 0 Å². The van der Waals surface area contributed by atoms with Gasteiger partial charge in [-0.1, -0.05) is 24.4 Å². The Morgan fingerprint density at radius 2 is 1.82 bits per heavy atom. The maximum absolute atomic E-state index is 5.22. The lowest BCUT2D eigenvalue weighted by Gasteiger charge is -2.21. The SMILES string of the molecule is C=C(C)CC(=S)N(CC)CC. The molecule has 0 rings (SSSR count). The quantitative estimate of drug-likeness (QED) is 0.472. The average molecular weight is 171 g/mol. The summed E-state index contributed by atoms with van der Waals surface area (Å²) in [5, 5.41) is 0. The second-order valence-corrected chi connectivity index (χ2v) is 3.17. The largest absolute Gasteiger partial charge is 0.366 e. The predicted octanol–water partition coefficient (Wildman–Crippen LogP) is 2.62. The Balaban J connectivity index is 3.89. The van der Waals surface area contributed by atoms with Crippen molar-refractivity contribution in [2.45, 2.75) is 27.2 Å². The Morgan fingerprint density at radius 1 is 1.36 bits per heavy atom. The van der Waals surface area contributed by atoms with Crippen molar-refractivity contribution in [2.75, 3.05) is 13.1 Å². The van der Waals surface area contributed by atoms with E-state index < -0.39 is 0 Å². The molecule has 0 aromatic heterocycles. The van der Waals surface area contributed by atoms with E-state index in [1.807, 2.05) is 6.92 Å². The molecule has 0 saturated carbocycles. The van der Waals surface area contributed by atoms with Crippen LogP contribution in [0.25, 0.3) is 0 Å². The second kappa shape index (κ2) is 5.30. The van der Waals surface area contributed by atoms with Gasteiger partial charge in [0.1, 0.15) is 0 Å². The van der Waals surface area contributed by atoms with Crippen LogP contribution in [0.1, 0.15) is 27.2 Å².